The molecule has 0 aliphatic rings. The van der Waals surface area contributed by atoms with E-state index in [9.17, 15) is 8.42 Å². The number of rotatable bonds is 2. The van der Waals surface area contributed by atoms with Crippen LogP contribution in [0.25, 0.3) is 17.0 Å². The van der Waals surface area contributed by atoms with Crippen LogP contribution in [-0.4, -0.2) is 33.8 Å². The molecule has 0 spiro atoms. The van der Waals surface area contributed by atoms with E-state index < -0.39 is 9.84 Å². The topological polar surface area (TPSA) is 69.3 Å². The highest BCUT2D eigenvalue weighted by Gasteiger charge is 2.26. The van der Waals surface area contributed by atoms with E-state index in [0.29, 0.717) is 5.69 Å². The molecule has 6 nitrogen and oxygen atoms in total. The number of hydrogen-bond donors (Lipinski definition) is 0. The van der Waals surface area contributed by atoms with Gasteiger partial charge in [0.1, 0.15) is 16.4 Å². The van der Waals surface area contributed by atoms with Crippen molar-refractivity contribution in [3.8, 4) is 11.4 Å². The van der Waals surface area contributed by atoms with Crippen LogP contribution in [0.4, 0.5) is 0 Å². The summed E-state index contributed by atoms with van der Waals surface area (Å²) in [6, 6.07) is 2.00. The molecule has 0 fully saturated rings. The first-order chi connectivity index (χ1) is 10.6. The molecule has 24 heavy (non-hydrogen) atoms. The molecular weight excluding hydrogens is 348 g/mol. The molecule has 0 saturated heterocycles. The molecule has 0 aliphatic heterocycles. The third-order valence-corrected chi connectivity index (χ3v) is 5.38. The molecule has 3 aromatic heterocycles. The first-order valence-corrected chi connectivity index (χ1v) is 9.27. The summed E-state index contributed by atoms with van der Waals surface area (Å²) in [5.74, 6) is 0. The van der Waals surface area contributed by atoms with E-state index in [-0.39, 0.29) is 17.5 Å². The number of aromatic nitrogens is 4. The number of imidazole rings is 1. The van der Waals surface area contributed by atoms with Crippen molar-refractivity contribution in [1.29, 1.82) is 0 Å². The summed E-state index contributed by atoms with van der Waals surface area (Å²) in [5, 5.41) is 4.50. The van der Waals surface area contributed by atoms with Crippen molar-refractivity contribution in [2.45, 2.75) is 33.2 Å². The lowest BCUT2D eigenvalue weighted by Gasteiger charge is -2.09. The summed E-state index contributed by atoms with van der Waals surface area (Å²) >= 11 is 6.37. The highest BCUT2D eigenvalue weighted by atomic mass is 35.5. The van der Waals surface area contributed by atoms with Gasteiger partial charge in [-0.25, -0.2) is 13.4 Å². The van der Waals surface area contributed by atoms with Gasteiger partial charge in [0.25, 0.3) is 0 Å². The molecule has 8 heteroatoms. The molecule has 0 aliphatic carbocycles. The van der Waals surface area contributed by atoms with Gasteiger partial charge in [-0.15, -0.1) is 0 Å². The fourth-order valence-corrected chi connectivity index (χ4v) is 4.54. The van der Waals surface area contributed by atoms with E-state index in [1.165, 1.54) is 4.68 Å². The maximum atomic E-state index is 12.0. The summed E-state index contributed by atoms with van der Waals surface area (Å²) in [6.07, 6.45) is 3.02. The molecule has 0 aromatic carbocycles. The molecule has 3 heterocycles. The molecule has 0 bridgehead atoms. The predicted octanol–water partition coefficient (Wildman–Crippen LogP) is 3.35. The lowest BCUT2D eigenvalue weighted by molar-refractivity contribution is 0.583. The van der Waals surface area contributed by atoms with Crippen molar-refractivity contribution in [1.82, 2.24) is 19.2 Å². The van der Waals surface area contributed by atoms with Crippen LogP contribution < -0.4 is 0 Å². The average Bonchev–Trinajstić information content (AvgIpc) is 2.90. The van der Waals surface area contributed by atoms with Crippen molar-refractivity contribution < 1.29 is 8.42 Å². The zero-order chi connectivity index (χ0) is 17.1. The fourth-order valence-electron chi connectivity index (χ4n) is 2.93. The van der Waals surface area contributed by atoms with E-state index in [2.05, 4.69) is 10.1 Å². The number of nitrogens with zero attached hydrogens (tertiary/aromatic N) is 4. The van der Waals surface area contributed by atoms with Crippen LogP contribution in [0.3, 0.4) is 0 Å². The zero-order valence-corrected chi connectivity index (χ0v) is 15.1. The van der Waals surface area contributed by atoms with Gasteiger partial charge in [0.2, 0.25) is 0 Å². The molecule has 0 radical (unpaired) electrons. The van der Waals surface area contributed by atoms with Crippen LogP contribution in [0.15, 0.2) is 17.3 Å². The second-order valence-corrected chi connectivity index (χ2v) is 8.11. The molecule has 3 rings (SSSR count). The first kappa shape index (κ1) is 18.5. The van der Waals surface area contributed by atoms with E-state index in [1.807, 2.05) is 37.4 Å². The lowest BCUT2D eigenvalue weighted by atomic mass is 10.1. The third kappa shape index (κ3) is 2.71. The second-order valence-electron chi connectivity index (χ2n) is 5.80. The van der Waals surface area contributed by atoms with Gasteiger partial charge in [0.15, 0.2) is 14.9 Å². The number of aryl methyl sites for hydroxylation is 4. The number of sulfone groups is 1. The molecule has 0 N–H and O–H groups in total. The Kier molecular flexibility index (Phi) is 4.54. The summed E-state index contributed by atoms with van der Waals surface area (Å²) in [6.45, 7) is 5.84. The van der Waals surface area contributed by atoms with E-state index in [0.717, 1.165) is 34.4 Å². The van der Waals surface area contributed by atoms with Crippen LogP contribution in [0, 0.1) is 20.8 Å². The molecule has 0 atom stereocenters. The highest BCUT2D eigenvalue weighted by molar-refractivity contribution is 7.90. The van der Waals surface area contributed by atoms with Gasteiger partial charge in [-0.2, -0.15) is 5.10 Å². The second kappa shape index (κ2) is 5.89. The predicted molar refractivity (Wildman–Crippen MR) is 96.5 cm³/mol. The fraction of sp³-hybridized carbons (Fsp3) is 0.375. The first-order valence-electron chi connectivity index (χ1n) is 7.00. The Morgan fingerprint density at radius 1 is 1.17 bits per heavy atom. The molecule has 0 amide bonds. The maximum absolute atomic E-state index is 12.0. The minimum absolute atomic E-state index is 0. The number of hydrogen-bond acceptors (Lipinski definition) is 4. The van der Waals surface area contributed by atoms with Gasteiger partial charge in [-0.05, 0) is 31.9 Å². The Balaban J connectivity index is 0.00000208. The average molecular weight is 369 g/mol. The van der Waals surface area contributed by atoms with Gasteiger partial charge >= 0.3 is 0 Å². The molecule has 0 unspecified atom stereocenters. The van der Waals surface area contributed by atoms with Crippen LogP contribution in [0.5, 0.6) is 0 Å². The number of halogens is 1. The number of pyridine rings is 1. The van der Waals surface area contributed by atoms with Gasteiger partial charge in [0.05, 0.1) is 11.4 Å². The largest absolute Gasteiger partial charge is 0.297 e. The van der Waals surface area contributed by atoms with Crippen molar-refractivity contribution in [3.05, 3.63) is 34.1 Å². The van der Waals surface area contributed by atoms with Gasteiger partial charge in [0, 0.05) is 19.5 Å². The van der Waals surface area contributed by atoms with Gasteiger partial charge in [-0.3, -0.25) is 9.08 Å². The Hall–Kier alpha value is -1.86. The lowest BCUT2D eigenvalue weighted by Crippen LogP contribution is -2.05. The summed E-state index contributed by atoms with van der Waals surface area (Å²) in [7, 11) is -1.90. The molecule has 130 valence electrons. The summed E-state index contributed by atoms with van der Waals surface area (Å²) in [4.78, 5) is 4.51. The molecule has 3 aromatic rings. The SMILES string of the molecule is C.Cc1cn2c(-c3nn(C)c(S(C)(=O)=O)c3Cl)c(C)cc(C)c2n1. The van der Waals surface area contributed by atoms with Crippen LogP contribution in [0.2, 0.25) is 5.02 Å². The van der Waals surface area contributed by atoms with E-state index in [1.54, 1.807) is 7.05 Å². The van der Waals surface area contributed by atoms with Crippen LogP contribution in [-0.2, 0) is 16.9 Å². The van der Waals surface area contributed by atoms with Crippen molar-refractivity contribution >= 4 is 27.1 Å². The molecule has 0 saturated carbocycles. The number of fused-ring (bicyclic) bond motifs is 1. The van der Waals surface area contributed by atoms with E-state index >= 15 is 0 Å². The van der Waals surface area contributed by atoms with E-state index in [4.69, 9.17) is 11.6 Å². The Morgan fingerprint density at radius 3 is 2.33 bits per heavy atom. The minimum Gasteiger partial charge on any atom is -0.297 e. The maximum Gasteiger partial charge on any atom is 0.193 e. The Morgan fingerprint density at radius 2 is 1.79 bits per heavy atom. The van der Waals surface area contributed by atoms with Gasteiger partial charge < -0.3 is 0 Å². The quantitative estimate of drug-likeness (QED) is 0.695. The standard InChI is InChI=1S/C15H17ClN4O2S.CH4/c1-8-6-9(2)14-17-10(3)7-20(14)13(8)12-11(16)15(19(4)18-12)23(5,21)22;/h6-7H,1-5H3;1H4. The third-order valence-electron chi connectivity index (χ3n) is 3.74. The minimum atomic E-state index is -3.48. The van der Waals surface area contributed by atoms with Crippen LogP contribution in [0.1, 0.15) is 24.2 Å². The smallest absolute Gasteiger partial charge is 0.193 e. The normalized spacial score (nSPS) is 11.8. The molecular formula is C16H21ClN4O2S. The Labute approximate surface area is 147 Å². The summed E-state index contributed by atoms with van der Waals surface area (Å²) in [5.41, 5.74) is 4.86. The van der Waals surface area contributed by atoms with Crippen molar-refractivity contribution in [2.75, 3.05) is 6.26 Å². The zero-order valence-electron chi connectivity index (χ0n) is 13.5. The monoisotopic (exact) mass is 368 g/mol. The van der Waals surface area contributed by atoms with Crippen LogP contribution >= 0.6 is 11.6 Å². The Bertz CT molecular complexity index is 1050. The van der Waals surface area contributed by atoms with Crippen molar-refractivity contribution in [2.24, 2.45) is 7.05 Å². The summed E-state index contributed by atoms with van der Waals surface area (Å²) < 4.78 is 27.1. The van der Waals surface area contributed by atoms with Crippen molar-refractivity contribution in [3.63, 3.8) is 0 Å². The highest BCUT2D eigenvalue weighted by Crippen LogP contribution is 2.35. The van der Waals surface area contributed by atoms with Gasteiger partial charge in [-0.1, -0.05) is 25.1 Å².